The first-order chi connectivity index (χ1) is 12.2. The minimum absolute atomic E-state index is 0.124. The van der Waals surface area contributed by atoms with Crippen LogP contribution in [0.15, 0.2) is 18.2 Å². The second kappa shape index (κ2) is 6.44. The summed E-state index contributed by atoms with van der Waals surface area (Å²) in [5.74, 6) is -0.939. The minimum Gasteiger partial charge on any atom is -0.428 e. The number of carbonyl (C=O) groups excluding carboxylic acids is 4. The number of hydrogen-bond donors (Lipinski definition) is 1. The second-order valence-corrected chi connectivity index (χ2v) is 7.25. The van der Waals surface area contributed by atoms with Crippen molar-refractivity contribution in [3.05, 3.63) is 29.3 Å². The predicted molar refractivity (Wildman–Crippen MR) is 89.3 cm³/mol. The van der Waals surface area contributed by atoms with Crippen LogP contribution < -0.4 is 10.1 Å². The van der Waals surface area contributed by atoms with E-state index in [1.54, 1.807) is 39.0 Å². The van der Waals surface area contributed by atoms with Crippen LogP contribution in [0.5, 0.6) is 5.75 Å². The predicted octanol–water partition coefficient (Wildman–Crippen LogP) is 1.76. The second-order valence-electron chi connectivity index (χ2n) is 7.25. The Balaban J connectivity index is 1.80. The number of amides is 3. The number of piperidine rings is 1. The van der Waals surface area contributed by atoms with Gasteiger partial charge in [-0.1, -0.05) is 6.07 Å². The number of nitrogens with one attached hydrogen (secondary N) is 1. The zero-order chi connectivity index (χ0) is 19.1. The van der Waals surface area contributed by atoms with Crippen LogP contribution in [0.25, 0.3) is 0 Å². The maximum atomic E-state index is 12.7. The summed E-state index contributed by atoms with van der Waals surface area (Å²) in [6.45, 7) is 5.28. The summed E-state index contributed by atoms with van der Waals surface area (Å²) >= 11 is 0. The molecule has 0 aromatic heterocycles. The summed E-state index contributed by atoms with van der Waals surface area (Å²) in [6.07, 6.45) is -0.414. The Labute approximate surface area is 150 Å². The number of imide groups is 1. The third-order valence-electron chi connectivity index (χ3n) is 4.12. The van der Waals surface area contributed by atoms with E-state index in [1.165, 1.54) is 4.90 Å². The van der Waals surface area contributed by atoms with Gasteiger partial charge in [0, 0.05) is 17.5 Å². The lowest BCUT2D eigenvalue weighted by atomic mass is 10.0. The Bertz CT molecular complexity index is 795. The summed E-state index contributed by atoms with van der Waals surface area (Å²) in [5, 5.41) is 2.25. The van der Waals surface area contributed by atoms with E-state index in [1.807, 2.05) is 0 Å². The van der Waals surface area contributed by atoms with Crippen LogP contribution in [0.4, 0.5) is 4.79 Å². The van der Waals surface area contributed by atoms with E-state index < -0.39 is 23.7 Å². The Morgan fingerprint density at radius 2 is 1.96 bits per heavy atom. The van der Waals surface area contributed by atoms with Crippen LogP contribution >= 0.6 is 0 Å². The van der Waals surface area contributed by atoms with Gasteiger partial charge in [-0.05, 0) is 39.3 Å². The number of fused-ring (bicyclic) bond motifs is 1. The van der Waals surface area contributed by atoms with Crippen molar-refractivity contribution in [3.63, 3.8) is 0 Å². The van der Waals surface area contributed by atoms with Gasteiger partial charge >= 0.3 is 6.16 Å². The van der Waals surface area contributed by atoms with Gasteiger partial charge in [0.1, 0.15) is 17.4 Å². The molecule has 1 aromatic rings. The molecule has 0 bridgehead atoms. The minimum atomic E-state index is -0.863. The number of benzene rings is 1. The Morgan fingerprint density at radius 1 is 1.23 bits per heavy atom. The number of nitrogens with zero attached hydrogens (tertiary/aromatic N) is 1. The van der Waals surface area contributed by atoms with E-state index in [-0.39, 0.29) is 37.0 Å². The van der Waals surface area contributed by atoms with Crippen molar-refractivity contribution in [1.82, 2.24) is 10.2 Å². The van der Waals surface area contributed by atoms with Crippen molar-refractivity contribution in [2.75, 3.05) is 0 Å². The summed E-state index contributed by atoms with van der Waals surface area (Å²) in [4.78, 5) is 49.4. The molecule has 2 heterocycles. The highest BCUT2D eigenvalue weighted by Gasteiger charge is 2.40. The zero-order valence-electron chi connectivity index (χ0n) is 14.8. The fourth-order valence-electron chi connectivity index (χ4n) is 3.01. The average molecular weight is 360 g/mol. The molecule has 1 atom stereocenters. The Kier molecular flexibility index (Phi) is 4.43. The number of rotatable bonds is 2. The average Bonchev–Trinajstić information content (AvgIpc) is 2.84. The van der Waals surface area contributed by atoms with Gasteiger partial charge in [0.15, 0.2) is 0 Å². The van der Waals surface area contributed by atoms with Crippen LogP contribution in [0.3, 0.4) is 0 Å². The Hall–Kier alpha value is -2.90. The topological polar surface area (TPSA) is 102 Å². The maximum Gasteiger partial charge on any atom is 0.514 e. The molecule has 8 heteroatoms. The molecule has 1 unspecified atom stereocenters. The molecule has 0 aliphatic carbocycles. The van der Waals surface area contributed by atoms with Crippen LogP contribution in [0.1, 0.15) is 49.5 Å². The molecule has 2 aliphatic rings. The molecule has 0 spiro atoms. The van der Waals surface area contributed by atoms with Gasteiger partial charge in [-0.3, -0.25) is 19.7 Å². The quantitative estimate of drug-likeness (QED) is 0.490. The summed E-state index contributed by atoms with van der Waals surface area (Å²) in [6, 6.07) is 4.07. The van der Waals surface area contributed by atoms with E-state index in [0.29, 0.717) is 11.1 Å². The highest BCUT2D eigenvalue weighted by Crippen LogP contribution is 2.33. The van der Waals surface area contributed by atoms with Gasteiger partial charge in [-0.15, -0.1) is 0 Å². The van der Waals surface area contributed by atoms with Crippen molar-refractivity contribution in [2.45, 2.75) is 51.8 Å². The van der Waals surface area contributed by atoms with Crippen molar-refractivity contribution in [3.8, 4) is 5.75 Å². The van der Waals surface area contributed by atoms with Crippen LogP contribution in [-0.4, -0.2) is 40.4 Å². The first kappa shape index (κ1) is 17.9. The summed E-state index contributed by atoms with van der Waals surface area (Å²) in [7, 11) is 0. The fourth-order valence-corrected chi connectivity index (χ4v) is 3.01. The zero-order valence-corrected chi connectivity index (χ0v) is 14.8. The summed E-state index contributed by atoms with van der Waals surface area (Å²) in [5.41, 5.74) is 0.188. The summed E-state index contributed by atoms with van der Waals surface area (Å²) < 4.78 is 10.4. The maximum absolute atomic E-state index is 12.7. The first-order valence-electron chi connectivity index (χ1n) is 8.33. The lowest BCUT2D eigenvalue weighted by Crippen LogP contribution is -2.52. The third-order valence-corrected chi connectivity index (χ3v) is 4.12. The number of carbonyl (C=O) groups is 4. The lowest BCUT2D eigenvalue weighted by Gasteiger charge is -2.29. The standard InChI is InChI=1S/C18H20N2O6/c1-18(2,3)26-17(24)25-13-6-4-5-10-11(13)9-20(16(10)23)12-7-8-14(21)19-15(12)22/h4-6,12H,7-9H2,1-3H3,(H,19,21,22). The molecule has 3 amide bonds. The molecule has 8 nitrogen and oxygen atoms in total. The number of ether oxygens (including phenoxy) is 2. The lowest BCUT2D eigenvalue weighted by molar-refractivity contribution is -0.136. The van der Waals surface area contributed by atoms with Crippen molar-refractivity contribution >= 4 is 23.9 Å². The molecular formula is C18H20N2O6. The molecule has 0 saturated carbocycles. The smallest absolute Gasteiger partial charge is 0.428 e. The van der Waals surface area contributed by atoms with Crippen LogP contribution in [0.2, 0.25) is 0 Å². The fraction of sp³-hybridized carbons (Fsp3) is 0.444. The Morgan fingerprint density at radius 3 is 2.62 bits per heavy atom. The van der Waals surface area contributed by atoms with Gasteiger partial charge in [0.2, 0.25) is 11.8 Å². The molecule has 26 heavy (non-hydrogen) atoms. The largest absolute Gasteiger partial charge is 0.514 e. The third kappa shape index (κ3) is 3.54. The normalized spacial score (nSPS) is 19.9. The van der Waals surface area contributed by atoms with Crippen molar-refractivity contribution < 1.29 is 28.7 Å². The molecule has 1 fully saturated rings. The molecular weight excluding hydrogens is 340 g/mol. The van der Waals surface area contributed by atoms with E-state index >= 15 is 0 Å². The monoisotopic (exact) mass is 360 g/mol. The highest BCUT2D eigenvalue weighted by atomic mass is 16.7. The van der Waals surface area contributed by atoms with Gasteiger partial charge in [-0.2, -0.15) is 0 Å². The molecule has 2 aliphatic heterocycles. The molecule has 1 N–H and O–H groups in total. The molecule has 138 valence electrons. The molecule has 1 saturated heterocycles. The van der Waals surface area contributed by atoms with E-state index in [4.69, 9.17) is 9.47 Å². The van der Waals surface area contributed by atoms with Crippen molar-refractivity contribution in [2.24, 2.45) is 0 Å². The highest BCUT2D eigenvalue weighted by molar-refractivity contribution is 6.05. The number of hydrogen-bond acceptors (Lipinski definition) is 6. The van der Waals surface area contributed by atoms with Crippen LogP contribution in [-0.2, 0) is 20.9 Å². The molecule has 0 radical (unpaired) electrons. The van der Waals surface area contributed by atoms with E-state index in [0.717, 1.165) is 0 Å². The van der Waals surface area contributed by atoms with Gasteiger partial charge in [0.25, 0.3) is 5.91 Å². The van der Waals surface area contributed by atoms with Gasteiger partial charge < -0.3 is 14.4 Å². The van der Waals surface area contributed by atoms with Crippen molar-refractivity contribution in [1.29, 1.82) is 0 Å². The van der Waals surface area contributed by atoms with Crippen LogP contribution in [0, 0.1) is 0 Å². The van der Waals surface area contributed by atoms with Gasteiger partial charge in [-0.25, -0.2) is 4.79 Å². The SMILES string of the molecule is CC(C)(C)OC(=O)Oc1cccc2c1CN(C1CCC(=O)NC1=O)C2=O. The molecule has 1 aromatic carbocycles. The van der Waals surface area contributed by atoms with E-state index in [2.05, 4.69) is 5.32 Å². The van der Waals surface area contributed by atoms with Gasteiger partial charge in [0.05, 0.1) is 6.54 Å². The van der Waals surface area contributed by atoms with E-state index in [9.17, 15) is 19.2 Å². The first-order valence-corrected chi connectivity index (χ1v) is 8.33. The molecule has 3 rings (SSSR count).